The molecule has 2 N–H and O–H groups in total. The van der Waals surface area contributed by atoms with Gasteiger partial charge in [0.1, 0.15) is 5.75 Å². The summed E-state index contributed by atoms with van der Waals surface area (Å²) in [5.41, 5.74) is 2.62. The molecule has 0 aliphatic rings. The van der Waals surface area contributed by atoms with Crippen LogP contribution in [0.15, 0.2) is 48.5 Å². The second kappa shape index (κ2) is 9.97. The fourth-order valence-corrected chi connectivity index (χ4v) is 2.42. The normalized spacial score (nSPS) is 11.3. The second-order valence-electron chi connectivity index (χ2n) is 6.15. The van der Waals surface area contributed by atoms with Crippen molar-refractivity contribution in [3.8, 4) is 5.75 Å². The Morgan fingerprint density at radius 3 is 2.41 bits per heavy atom. The maximum Gasteiger partial charge on any atom is 0.422 e. The number of halogens is 3. The quantitative estimate of drug-likeness (QED) is 0.665. The summed E-state index contributed by atoms with van der Waals surface area (Å²) in [7, 11) is 0. The topological polar surface area (TPSA) is 50.4 Å². The van der Waals surface area contributed by atoms with Gasteiger partial charge in [0, 0.05) is 25.2 Å². The summed E-state index contributed by atoms with van der Waals surface area (Å²) in [4.78, 5) is 11.6. The van der Waals surface area contributed by atoms with Crippen molar-refractivity contribution in [1.29, 1.82) is 0 Å². The fourth-order valence-electron chi connectivity index (χ4n) is 2.42. The van der Waals surface area contributed by atoms with E-state index >= 15 is 0 Å². The molecule has 0 spiro atoms. The molecule has 1 amide bonds. The number of hydrogen-bond donors (Lipinski definition) is 2. The van der Waals surface area contributed by atoms with E-state index in [1.807, 2.05) is 37.3 Å². The van der Waals surface area contributed by atoms with E-state index in [0.717, 1.165) is 23.2 Å². The number of hydrogen-bond acceptors (Lipinski definition) is 3. The summed E-state index contributed by atoms with van der Waals surface area (Å²) in [5.74, 6) is 0.190. The van der Waals surface area contributed by atoms with Gasteiger partial charge in [-0.25, -0.2) is 0 Å². The van der Waals surface area contributed by atoms with E-state index in [9.17, 15) is 18.0 Å². The van der Waals surface area contributed by atoms with E-state index in [4.69, 9.17) is 4.74 Å². The van der Waals surface area contributed by atoms with Crippen LogP contribution in [0.5, 0.6) is 5.75 Å². The van der Waals surface area contributed by atoms with Gasteiger partial charge in [-0.05, 0) is 41.8 Å². The maximum atomic E-state index is 12.2. The van der Waals surface area contributed by atoms with Crippen LogP contribution in [0, 0.1) is 0 Å². The number of anilines is 1. The van der Waals surface area contributed by atoms with Crippen LogP contribution in [0.3, 0.4) is 0 Å². The molecule has 2 aromatic carbocycles. The monoisotopic (exact) mass is 380 g/mol. The molecule has 2 rings (SSSR count). The van der Waals surface area contributed by atoms with Gasteiger partial charge in [0.15, 0.2) is 6.61 Å². The van der Waals surface area contributed by atoms with Crippen LogP contribution >= 0.6 is 0 Å². The Bertz CT molecular complexity index is 731. The molecule has 0 radical (unpaired) electrons. The molecule has 0 heterocycles. The lowest BCUT2D eigenvalue weighted by Gasteiger charge is -2.11. The number of alkyl halides is 3. The maximum absolute atomic E-state index is 12.2. The zero-order valence-corrected chi connectivity index (χ0v) is 15.1. The summed E-state index contributed by atoms with van der Waals surface area (Å²) in [6, 6.07) is 14.1. The number of carbonyl (C=O) groups is 1. The Labute approximate surface area is 156 Å². The van der Waals surface area contributed by atoms with Crippen molar-refractivity contribution in [1.82, 2.24) is 5.32 Å². The van der Waals surface area contributed by atoms with Crippen molar-refractivity contribution < 1.29 is 22.7 Å². The highest BCUT2D eigenvalue weighted by atomic mass is 19.4. The number of benzene rings is 2. The third-order valence-electron chi connectivity index (χ3n) is 3.67. The highest BCUT2D eigenvalue weighted by Gasteiger charge is 2.28. The molecular formula is C20H23F3N2O2. The molecule has 0 saturated carbocycles. The minimum absolute atomic E-state index is 0.00370. The highest BCUT2D eigenvalue weighted by Crippen LogP contribution is 2.19. The third-order valence-corrected chi connectivity index (χ3v) is 3.67. The highest BCUT2D eigenvalue weighted by molar-refractivity contribution is 5.90. The van der Waals surface area contributed by atoms with Crippen molar-refractivity contribution in [3.05, 3.63) is 59.7 Å². The SMILES string of the molecule is CCCC(=O)Nc1ccc(CNCc2cccc(OCC(F)(F)F)c2)cc1. The second-order valence-corrected chi connectivity index (χ2v) is 6.15. The molecule has 0 unspecified atom stereocenters. The van der Waals surface area contributed by atoms with Crippen LogP contribution in [0.25, 0.3) is 0 Å². The molecule has 0 atom stereocenters. The van der Waals surface area contributed by atoms with Gasteiger partial charge in [0.25, 0.3) is 0 Å². The molecule has 146 valence electrons. The van der Waals surface area contributed by atoms with Crippen molar-refractivity contribution in [2.45, 2.75) is 39.0 Å². The van der Waals surface area contributed by atoms with E-state index in [2.05, 4.69) is 10.6 Å². The van der Waals surface area contributed by atoms with Crippen LogP contribution in [-0.2, 0) is 17.9 Å². The molecule has 0 aliphatic heterocycles. The molecule has 7 heteroatoms. The lowest BCUT2D eigenvalue weighted by atomic mass is 10.2. The van der Waals surface area contributed by atoms with Gasteiger partial charge >= 0.3 is 6.18 Å². The lowest BCUT2D eigenvalue weighted by Crippen LogP contribution is -2.19. The van der Waals surface area contributed by atoms with Crippen LogP contribution in [-0.4, -0.2) is 18.7 Å². The van der Waals surface area contributed by atoms with Crippen LogP contribution < -0.4 is 15.4 Å². The smallest absolute Gasteiger partial charge is 0.422 e. The van der Waals surface area contributed by atoms with E-state index in [1.54, 1.807) is 12.1 Å². The molecule has 0 aromatic heterocycles. The van der Waals surface area contributed by atoms with E-state index in [1.165, 1.54) is 6.07 Å². The molecular weight excluding hydrogens is 357 g/mol. The summed E-state index contributed by atoms with van der Waals surface area (Å²) in [6.45, 7) is 1.74. The van der Waals surface area contributed by atoms with E-state index in [0.29, 0.717) is 19.5 Å². The van der Waals surface area contributed by atoms with Gasteiger partial charge in [0.05, 0.1) is 0 Å². The van der Waals surface area contributed by atoms with Gasteiger partial charge in [0.2, 0.25) is 5.91 Å². The zero-order chi connectivity index (χ0) is 19.7. The van der Waals surface area contributed by atoms with Crippen LogP contribution in [0.4, 0.5) is 18.9 Å². The summed E-state index contributed by atoms with van der Waals surface area (Å²) in [5, 5.41) is 6.06. The predicted octanol–water partition coefficient (Wildman–Crippen LogP) is 4.66. The first-order chi connectivity index (χ1) is 12.9. The van der Waals surface area contributed by atoms with Crippen molar-refractivity contribution in [2.24, 2.45) is 0 Å². The number of nitrogens with one attached hydrogen (secondary N) is 2. The molecule has 27 heavy (non-hydrogen) atoms. The summed E-state index contributed by atoms with van der Waals surface area (Å²) >= 11 is 0. The molecule has 0 bridgehead atoms. The first kappa shape index (κ1) is 20.8. The summed E-state index contributed by atoms with van der Waals surface area (Å²) < 4.78 is 41.4. The number of amides is 1. The van der Waals surface area contributed by atoms with Crippen molar-refractivity contribution in [3.63, 3.8) is 0 Å². The first-order valence-electron chi connectivity index (χ1n) is 8.74. The third kappa shape index (κ3) is 8.13. The Balaban J connectivity index is 1.79. The fraction of sp³-hybridized carbons (Fsp3) is 0.350. The van der Waals surface area contributed by atoms with Crippen molar-refractivity contribution in [2.75, 3.05) is 11.9 Å². The molecule has 2 aromatic rings. The number of carbonyl (C=O) groups excluding carboxylic acids is 1. The molecule has 0 fully saturated rings. The number of ether oxygens (including phenoxy) is 1. The van der Waals surface area contributed by atoms with Gasteiger partial charge < -0.3 is 15.4 Å². The Morgan fingerprint density at radius 2 is 1.74 bits per heavy atom. The number of rotatable bonds is 9. The van der Waals surface area contributed by atoms with E-state index in [-0.39, 0.29) is 11.7 Å². The van der Waals surface area contributed by atoms with E-state index < -0.39 is 12.8 Å². The Kier molecular flexibility index (Phi) is 7.67. The van der Waals surface area contributed by atoms with Crippen molar-refractivity contribution >= 4 is 11.6 Å². The predicted molar refractivity (Wildman–Crippen MR) is 98.5 cm³/mol. The summed E-state index contributed by atoms with van der Waals surface area (Å²) in [6.07, 6.45) is -3.05. The molecule has 0 aliphatic carbocycles. The zero-order valence-electron chi connectivity index (χ0n) is 15.1. The van der Waals surface area contributed by atoms with Crippen LogP contribution in [0.1, 0.15) is 30.9 Å². The van der Waals surface area contributed by atoms with Crippen LogP contribution in [0.2, 0.25) is 0 Å². The molecule has 4 nitrogen and oxygen atoms in total. The average Bonchev–Trinajstić information content (AvgIpc) is 2.61. The average molecular weight is 380 g/mol. The Morgan fingerprint density at radius 1 is 1.04 bits per heavy atom. The minimum Gasteiger partial charge on any atom is -0.484 e. The minimum atomic E-state index is -4.35. The lowest BCUT2D eigenvalue weighted by molar-refractivity contribution is -0.153. The van der Waals surface area contributed by atoms with Gasteiger partial charge in [-0.1, -0.05) is 31.2 Å². The molecule has 0 saturated heterocycles. The van der Waals surface area contributed by atoms with Gasteiger partial charge in [-0.15, -0.1) is 0 Å². The van der Waals surface area contributed by atoms with Gasteiger partial charge in [-0.2, -0.15) is 13.2 Å². The standard InChI is InChI=1S/C20H23F3N2O2/c1-2-4-19(26)25-17-9-7-15(8-10-17)12-24-13-16-5-3-6-18(11-16)27-14-20(21,22)23/h3,5-11,24H,2,4,12-14H2,1H3,(H,25,26). The first-order valence-corrected chi connectivity index (χ1v) is 8.74. The van der Waals surface area contributed by atoms with Gasteiger partial charge in [-0.3, -0.25) is 4.79 Å². The largest absolute Gasteiger partial charge is 0.484 e. The Hall–Kier alpha value is -2.54.